The summed E-state index contributed by atoms with van der Waals surface area (Å²) < 4.78 is 0. The zero-order valence-corrected chi connectivity index (χ0v) is 12.6. The van der Waals surface area contributed by atoms with Crippen molar-refractivity contribution in [1.29, 1.82) is 0 Å². The van der Waals surface area contributed by atoms with Crippen LogP contribution >= 0.6 is 0 Å². The first-order valence-electron chi connectivity index (χ1n) is 6.54. The van der Waals surface area contributed by atoms with Gasteiger partial charge in [-0.2, -0.15) is 0 Å². The normalized spacial score (nSPS) is 10.3. The van der Waals surface area contributed by atoms with Crippen LogP contribution < -0.4 is 10.2 Å². The molecule has 2 aromatic heterocycles. The van der Waals surface area contributed by atoms with Gasteiger partial charge in [0.05, 0.1) is 24.1 Å². The van der Waals surface area contributed by atoms with Crippen molar-refractivity contribution < 1.29 is 4.79 Å². The summed E-state index contributed by atoms with van der Waals surface area (Å²) in [6.07, 6.45) is 3.02. The Kier molecular flexibility index (Phi) is 4.42. The molecule has 0 aliphatic heterocycles. The fraction of sp³-hybridized carbons (Fsp3) is 0.357. The maximum atomic E-state index is 12.0. The van der Waals surface area contributed by atoms with Crippen molar-refractivity contribution in [3.05, 3.63) is 41.2 Å². The number of hydrogen-bond acceptors (Lipinski definition) is 6. The van der Waals surface area contributed by atoms with Crippen LogP contribution in [0.3, 0.4) is 0 Å². The molecule has 2 rings (SSSR count). The van der Waals surface area contributed by atoms with Crippen LogP contribution in [0.1, 0.15) is 27.6 Å². The monoisotopic (exact) mass is 286 g/mol. The van der Waals surface area contributed by atoms with Crippen LogP contribution in [-0.4, -0.2) is 39.9 Å². The topological polar surface area (TPSA) is 83.9 Å². The molecule has 0 unspecified atom stereocenters. The number of anilines is 1. The maximum absolute atomic E-state index is 12.0. The van der Waals surface area contributed by atoms with Gasteiger partial charge in [-0.15, -0.1) is 0 Å². The molecule has 0 aromatic carbocycles. The summed E-state index contributed by atoms with van der Waals surface area (Å²) in [7, 11) is 3.75. The van der Waals surface area contributed by atoms with Crippen molar-refractivity contribution >= 4 is 11.9 Å². The summed E-state index contributed by atoms with van der Waals surface area (Å²) in [6.45, 7) is 4.03. The van der Waals surface area contributed by atoms with Gasteiger partial charge in [0.2, 0.25) is 5.95 Å². The third kappa shape index (κ3) is 3.95. The lowest BCUT2D eigenvalue weighted by molar-refractivity contribution is 0.0945. The zero-order chi connectivity index (χ0) is 15.4. The predicted octanol–water partition coefficient (Wildman–Crippen LogP) is 0.879. The summed E-state index contributed by atoms with van der Waals surface area (Å²) >= 11 is 0. The second-order valence-electron chi connectivity index (χ2n) is 4.92. The van der Waals surface area contributed by atoms with E-state index in [0.717, 1.165) is 17.1 Å². The van der Waals surface area contributed by atoms with Crippen LogP contribution in [-0.2, 0) is 6.54 Å². The number of carbonyl (C=O) groups is 1. The summed E-state index contributed by atoms with van der Waals surface area (Å²) in [6, 6.07) is 1.84. The van der Waals surface area contributed by atoms with E-state index in [-0.39, 0.29) is 5.91 Å². The minimum atomic E-state index is -0.273. The van der Waals surface area contributed by atoms with E-state index in [1.165, 1.54) is 6.20 Å². The predicted molar refractivity (Wildman–Crippen MR) is 79.0 cm³/mol. The van der Waals surface area contributed by atoms with Gasteiger partial charge in [0, 0.05) is 26.0 Å². The summed E-state index contributed by atoms with van der Waals surface area (Å²) in [4.78, 5) is 30.6. The van der Waals surface area contributed by atoms with Gasteiger partial charge in [-0.25, -0.2) is 15.0 Å². The Hall–Kier alpha value is -2.57. The molecule has 0 fully saturated rings. The lowest BCUT2D eigenvalue weighted by Crippen LogP contribution is -2.25. The van der Waals surface area contributed by atoms with E-state index in [9.17, 15) is 4.79 Å². The molecule has 0 radical (unpaired) electrons. The van der Waals surface area contributed by atoms with Gasteiger partial charge in [-0.3, -0.25) is 9.78 Å². The van der Waals surface area contributed by atoms with E-state index in [2.05, 4.69) is 25.3 Å². The number of hydrogen-bond donors (Lipinski definition) is 1. The second-order valence-corrected chi connectivity index (χ2v) is 4.92. The molecule has 0 saturated carbocycles. The number of nitrogens with one attached hydrogen (secondary N) is 1. The number of aromatic nitrogens is 4. The molecule has 110 valence electrons. The molecule has 0 atom stereocenters. The largest absolute Gasteiger partial charge is 0.347 e. The van der Waals surface area contributed by atoms with Crippen LogP contribution in [0.15, 0.2) is 18.5 Å². The number of carbonyl (C=O) groups excluding carboxylic acids is 1. The van der Waals surface area contributed by atoms with Crippen molar-refractivity contribution in [3.63, 3.8) is 0 Å². The van der Waals surface area contributed by atoms with Crippen LogP contribution in [0.4, 0.5) is 5.95 Å². The molecule has 7 heteroatoms. The SMILES string of the molecule is Cc1cnc(C(=O)NCc2cc(C)nc(N(C)C)n2)cn1. The molecule has 2 heterocycles. The van der Waals surface area contributed by atoms with Crippen molar-refractivity contribution in [2.24, 2.45) is 0 Å². The summed E-state index contributed by atoms with van der Waals surface area (Å²) in [5, 5.41) is 2.78. The number of nitrogens with zero attached hydrogens (tertiary/aromatic N) is 5. The third-order valence-electron chi connectivity index (χ3n) is 2.74. The molecular weight excluding hydrogens is 268 g/mol. The Morgan fingerprint density at radius 3 is 2.52 bits per heavy atom. The maximum Gasteiger partial charge on any atom is 0.271 e. The third-order valence-corrected chi connectivity index (χ3v) is 2.74. The standard InChI is InChI=1S/C14H18N6O/c1-9-5-11(19-14(18-9)20(3)4)7-17-13(21)12-8-15-10(2)6-16-12/h5-6,8H,7H2,1-4H3,(H,17,21). The first-order valence-corrected chi connectivity index (χ1v) is 6.54. The van der Waals surface area contributed by atoms with Gasteiger partial charge in [0.15, 0.2) is 0 Å². The van der Waals surface area contributed by atoms with Gasteiger partial charge >= 0.3 is 0 Å². The molecule has 1 N–H and O–H groups in total. The lowest BCUT2D eigenvalue weighted by atomic mass is 10.3. The molecule has 1 amide bonds. The molecular formula is C14H18N6O. The van der Waals surface area contributed by atoms with Gasteiger partial charge in [-0.1, -0.05) is 0 Å². The van der Waals surface area contributed by atoms with Crippen LogP contribution in [0, 0.1) is 13.8 Å². The van der Waals surface area contributed by atoms with Gasteiger partial charge < -0.3 is 10.2 Å². The first-order chi connectivity index (χ1) is 9.95. The van der Waals surface area contributed by atoms with Crippen LogP contribution in [0.2, 0.25) is 0 Å². The van der Waals surface area contributed by atoms with E-state index >= 15 is 0 Å². The molecule has 0 bridgehead atoms. The molecule has 7 nitrogen and oxygen atoms in total. The highest BCUT2D eigenvalue weighted by molar-refractivity contribution is 5.91. The van der Waals surface area contributed by atoms with Gasteiger partial charge in [0.1, 0.15) is 5.69 Å². The summed E-state index contributed by atoms with van der Waals surface area (Å²) in [5.74, 6) is 0.347. The minimum absolute atomic E-state index is 0.273. The number of aryl methyl sites for hydroxylation is 2. The van der Waals surface area contributed by atoms with E-state index in [1.54, 1.807) is 6.20 Å². The van der Waals surface area contributed by atoms with Crippen molar-refractivity contribution in [2.45, 2.75) is 20.4 Å². The highest BCUT2D eigenvalue weighted by Gasteiger charge is 2.09. The molecule has 2 aromatic rings. The summed E-state index contributed by atoms with van der Waals surface area (Å²) in [5.41, 5.74) is 2.67. The first kappa shape index (κ1) is 14.8. The van der Waals surface area contributed by atoms with Crippen molar-refractivity contribution in [2.75, 3.05) is 19.0 Å². The van der Waals surface area contributed by atoms with E-state index in [1.807, 2.05) is 38.9 Å². The minimum Gasteiger partial charge on any atom is -0.347 e. The molecule has 21 heavy (non-hydrogen) atoms. The fourth-order valence-electron chi connectivity index (χ4n) is 1.68. The quantitative estimate of drug-likeness (QED) is 0.898. The van der Waals surface area contributed by atoms with E-state index < -0.39 is 0 Å². The Labute approximate surface area is 123 Å². The van der Waals surface area contributed by atoms with Crippen molar-refractivity contribution in [1.82, 2.24) is 25.3 Å². The van der Waals surface area contributed by atoms with E-state index in [4.69, 9.17) is 0 Å². The Balaban J connectivity index is 2.05. The Morgan fingerprint density at radius 1 is 1.14 bits per heavy atom. The highest BCUT2D eigenvalue weighted by atomic mass is 16.1. The lowest BCUT2D eigenvalue weighted by Gasteiger charge is -2.12. The smallest absolute Gasteiger partial charge is 0.271 e. The van der Waals surface area contributed by atoms with E-state index in [0.29, 0.717) is 18.2 Å². The highest BCUT2D eigenvalue weighted by Crippen LogP contribution is 2.07. The second kappa shape index (κ2) is 6.25. The van der Waals surface area contributed by atoms with Gasteiger partial charge in [0.25, 0.3) is 5.91 Å². The average molecular weight is 286 g/mol. The van der Waals surface area contributed by atoms with Crippen molar-refractivity contribution in [3.8, 4) is 0 Å². The molecule has 0 aliphatic rings. The number of rotatable bonds is 4. The van der Waals surface area contributed by atoms with Crippen LogP contribution in [0.5, 0.6) is 0 Å². The fourth-order valence-corrected chi connectivity index (χ4v) is 1.68. The van der Waals surface area contributed by atoms with Crippen LogP contribution in [0.25, 0.3) is 0 Å². The Bertz CT molecular complexity index is 638. The number of amides is 1. The zero-order valence-electron chi connectivity index (χ0n) is 12.6. The van der Waals surface area contributed by atoms with Gasteiger partial charge in [-0.05, 0) is 19.9 Å². The molecule has 0 spiro atoms. The molecule has 0 aliphatic carbocycles. The Morgan fingerprint density at radius 2 is 1.90 bits per heavy atom. The molecule has 0 saturated heterocycles. The average Bonchev–Trinajstić information content (AvgIpc) is 2.45.